The summed E-state index contributed by atoms with van der Waals surface area (Å²) in [6.45, 7) is 9.56. The molecule has 0 saturated carbocycles. The van der Waals surface area contributed by atoms with Gasteiger partial charge in [-0.2, -0.15) is 9.37 Å². The van der Waals surface area contributed by atoms with Crippen LogP contribution < -0.4 is 5.69 Å². The molecule has 0 unspecified atom stereocenters. The zero-order chi connectivity index (χ0) is 29.3. The summed E-state index contributed by atoms with van der Waals surface area (Å²) in [5, 5.41) is 7.17. The summed E-state index contributed by atoms with van der Waals surface area (Å²) in [5.41, 5.74) is 18.7. The van der Waals surface area contributed by atoms with E-state index in [4.69, 9.17) is 4.52 Å². The maximum Gasteiger partial charge on any atom is 0.326 e. The Hall–Kier alpha value is -6.10. The van der Waals surface area contributed by atoms with Crippen LogP contribution in [0.15, 0.2) is 129 Å². The van der Waals surface area contributed by atoms with Crippen molar-refractivity contribution in [2.45, 2.75) is 0 Å². The highest BCUT2D eigenvalue weighted by Gasteiger charge is 2.12. The van der Waals surface area contributed by atoms with Crippen LogP contribution in [0.2, 0.25) is 0 Å². The molecule has 0 aliphatic rings. The minimum atomic E-state index is -0.554. The molecule has 40 heavy (non-hydrogen) atoms. The lowest BCUT2D eigenvalue weighted by Crippen LogP contribution is -2.11. The van der Waals surface area contributed by atoms with Gasteiger partial charge in [0.15, 0.2) is 5.83 Å². The Labute approximate surface area is 227 Å². The van der Waals surface area contributed by atoms with Gasteiger partial charge in [0.1, 0.15) is 12.9 Å². The van der Waals surface area contributed by atoms with Gasteiger partial charge in [-0.15, -0.1) is 0 Å². The molecule has 0 amide bonds. The molecule has 2 heterocycles. The molecule has 198 valence electrons. The molecule has 0 atom stereocenters. The summed E-state index contributed by atoms with van der Waals surface area (Å²) < 4.78 is 31.6. The molecule has 0 saturated heterocycles. The van der Waals surface area contributed by atoms with Gasteiger partial charge in [0, 0.05) is 29.6 Å². The van der Waals surface area contributed by atoms with Crippen molar-refractivity contribution >= 4 is 16.9 Å². The molecule has 0 spiro atoms. The van der Waals surface area contributed by atoms with Gasteiger partial charge in [-0.05, 0) is 84.0 Å². The standard InChI is InChI=1S/C16H11FN4O2.C7H5F.C7H5NO/c1-21-13-7-4-10(8-12(13)18-16(21)22)14-19-15(23-20-14)9-2-5-11(17)6-3-9;1-3-5-6-7(8)4-2;1-3-4-5-6-7-8-9-2/h2-8H,1H3,(H,18,22);4H,1-2H2;1H2,2H3. The van der Waals surface area contributed by atoms with E-state index in [-0.39, 0.29) is 11.5 Å². The number of aryl methyl sites for hydroxylation is 1. The first kappa shape index (κ1) is 30.1. The van der Waals surface area contributed by atoms with Crippen LogP contribution in [0.5, 0.6) is 0 Å². The summed E-state index contributed by atoms with van der Waals surface area (Å²) in [5.74, 6) is 2.11. The molecule has 8 nitrogen and oxygen atoms in total. The number of aromatic amines is 1. The summed E-state index contributed by atoms with van der Waals surface area (Å²) in [6.07, 6.45) is 1.03. The Morgan fingerprint density at radius 3 is 2.45 bits per heavy atom. The van der Waals surface area contributed by atoms with Crippen molar-refractivity contribution in [1.29, 1.82) is 0 Å². The Balaban J connectivity index is 0.000000274. The van der Waals surface area contributed by atoms with Crippen molar-refractivity contribution in [3.05, 3.63) is 131 Å². The fourth-order valence-corrected chi connectivity index (χ4v) is 2.75. The highest BCUT2D eigenvalue weighted by Crippen LogP contribution is 2.24. The zero-order valence-electron chi connectivity index (χ0n) is 21.5. The Bertz CT molecular complexity index is 1880. The lowest BCUT2D eigenvalue weighted by Gasteiger charge is -1.96. The van der Waals surface area contributed by atoms with Crippen molar-refractivity contribution in [2.24, 2.45) is 12.2 Å². The van der Waals surface area contributed by atoms with Crippen LogP contribution in [0.3, 0.4) is 0 Å². The Morgan fingerprint density at radius 2 is 1.80 bits per heavy atom. The van der Waals surface area contributed by atoms with Gasteiger partial charge >= 0.3 is 5.69 Å². The van der Waals surface area contributed by atoms with Gasteiger partial charge in [0.25, 0.3) is 5.89 Å². The van der Waals surface area contributed by atoms with Crippen LogP contribution in [0.25, 0.3) is 33.9 Å². The van der Waals surface area contributed by atoms with Gasteiger partial charge in [0.05, 0.1) is 16.9 Å². The van der Waals surface area contributed by atoms with E-state index in [1.54, 1.807) is 25.2 Å². The molecule has 4 rings (SSSR count). The smallest absolute Gasteiger partial charge is 0.326 e. The van der Waals surface area contributed by atoms with Crippen molar-refractivity contribution in [3.63, 3.8) is 0 Å². The SMILES string of the molecule is C=C=C=C=C(F)C=C.C=C=C=C=C=C=NOC.Cn1c(=O)[nH]c2cc(-c3noc(-c4ccc(F)cc4)n3)ccc21. The number of benzene rings is 2. The zero-order valence-corrected chi connectivity index (χ0v) is 21.5. The third-order valence-corrected chi connectivity index (χ3v) is 4.54. The van der Waals surface area contributed by atoms with Crippen molar-refractivity contribution in [3.8, 4) is 22.8 Å². The Kier molecular flexibility index (Phi) is 12.0. The van der Waals surface area contributed by atoms with E-state index in [2.05, 4.69) is 90.8 Å². The van der Waals surface area contributed by atoms with E-state index < -0.39 is 5.83 Å². The lowest BCUT2D eigenvalue weighted by atomic mass is 10.2. The van der Waals surface area contributed by atoms with E-state index >= 15 is 0 Å². The van der Waals surface area contributed by atoms with Crippen LogP contribution in [0, 0.1) is 5.82 Å². The lowest BCUT2D eigenvalue weighted by molar-refractivity contribution is 0.216. The van der Waals surface area contributed by atoms with Gasteiger partial charge in [-0.1, -0.05) is 23.2 Å². The van der Waals surface area contributed by atoms with Crippen LogP contribution >= 0.6 is 0 Å². The molecule has 2 aromatic carbocycles. The molecule has 0 fully saturated rings. The highest BCUT2D eigenvalue weighted by molar-refractivity contribution is 5.80. The number of rotatable bonds is 4. The number of nitrogens with one attached hydrogen (secondary N) is 1. The third kappa shape index (κ3) is 9.09. The van der Waals surface area contributed by atoms with Crippen molar-refractivity contribution < 1.29 is 18.1 Å². The first-order valence-corrected chi connectivity index (χ1v) is 11.1. The number of imidazole rings is 1. The van der Waals surface area contributed by atoms with E-state index in [1.165, 1.54) is 23.8 Å². The molecule has 0 aliphatic carbocycles. The van der Waals surface area contributed by atoms with Gasteiger partial charge in [0.2, 0.25) is 5.82 Å². The van der Waals surface area contributed by atoms with Crippen LogP contribution in [0.4, 0.5) is 8.78 Å². The first-order chi connectivity index (χ1) is 19.3. The number of H-pyrrole nitrogens is 1. The largest absolute Gasteiger partial charge is 0.392 e. The number of fused-ring (bicyclic) bond motifs is 1. The normalized spacial score (nSPS) is 8.60. The van der Waals surface area contributed by atoms with Gasteiger partial charge < -0.3 is 14.3 Å². The van der Waals surface area contributed by atoms with Crippen LogP contribution in [-0.4, -0.2) is 32.7 Å². The Morgan fingerprint density at radius 1 is 1.10 bits per heavy atom. The fraction of sp³-hybridized carbons (Fsp3) is 0.0667. The second-order valence-electron chi connectivity index (χ2n) is 7.07. The second kappa shape index (κ2) is 15.9. The predicted molar refractivity (Wildman–Crippen MR) is 147 cm³/mol. The van der Waals surface area contributed by atoms with Crippen LogP contribution in [-0.2, 0) is 11.9 Å². The number of aromatic nitrogens is 4. The quantitative estimate of drug-likeness (QED) is 0.152. The molecule has 1 N–H and O–H groups in total. The topological polar surface area (TPSA) is 98.3 Å². The summed E-state index contributed by atoms with van der Waals surface area (Å²) >= 11 is 0. The van der Waals surface area contributed by atoms with Gasteiger partial charge in [-0.25, -0.2) is 9.18 Å². The fourth-order valence-electron chi connectivity index (χ4n) is 2.75. The van der Waals surface area contributed by atoms with E-state index in [0.29, 0.717) is 22.8 Å². The molecular formula is C30H21F2N5O3. The third-order valence-electron chi connectivity index (χ3n) is 4.54. The number of nitrogens with zero attached hydrogens (tertiary/aromatic N) is 4. The molecular weight excluding hydrogens is 516 g/mol. The van der Waals surface area contributed by atoms with Crippen molar-refractivity contribution in [1.82, 2.24) is 19.7 Å². The molecule has 0 aliphatic heterocycles. The number of halogens is 2. The monoisotopic (exact) mass is 537 g/mol. The minimum Gasteiger partial charge on any atom is -0.392 e. The summed E-state index contributed by atoms with van der Waals surface area (Å²) in [6, 6.07) is 11.2. The molecule has 0 radical (unpaired) electrons. The maximum absolute atomic E-state index is 13.0. The van der Waals surface area contributed by atoms with Crippen molar-refractivity contribution in [2.75, 3.05) is 7.11 Å². The van der Waals surface area contributed by atoms with Gasteiger partial charge in [-0.3, -0.25) is 4.57 Å². The average Bonchev–Trinajstić information content (AvgIpc) is 3.57. The highest BCUT2D eigenvalue weighted by atomic mass is 19.1. The summed E-state index contributed by atoms with van der Waals surface area (Å²) in [4.78, 5) is 23.0. The minimum absolute atomic E-state index is 0.183. The second-order valence-corrected chi connectivity index (χ2v) is 7.07. The molecule has 10 heteroatoms. The summed E-state index contributed by atoms with van der Waals surface area (Å²) in [7, 11) is 3.11. The number of allylic oxidation sites excluding steroid dienone is 2. The van der Waals surface area contributed by atoms with E-state index in [1.807, 2.05) is 12.1 Å². The first-order valence-electron chi connectivity index (χ1n) is 11.1. The van der Waals surface area contributed by atoms with E-state index in [9.17, 15) is 13.6 Å². The van der Waals surface area contributed by atoms with E-state index in [0.717, 1.165) is 17.2 Å². The predicted octanol–water partition coefficient (Wildman–Crippen LogP) is 5.87. The average molecular weight is 538 g/mol. The number of hydrogen-bond donors (Lipinski definition) is 1. The maximum atomic E-state index is 13.0. The molecule has 2 aromatic heterocycles. The molecule has 4 aromatic rings. The van der Waals surface area contributed by atoms with Crippen LogP contribution in [0.1, 0.15) is 0 Å². The molecule has 0 bridgehead atoms. The number of hydrogen-bond acceptors (Lipinski definition) is 6.